The molecule has 2 bridgehead atoms. The Morgan fingerprint density at radius 1 is 0.938 bits per heavy atom. The first-order chi connectivity index (χ1) is 31.4. The first-order valence-corrected chi connectivity index (χ1v) is 23.3. The van der Waals surface area contributed by atoms with Crippen molar-refractivity contribution in [3.05, 3.63) is 77.4 Å². The highest BCUT2D eigenvalue weighted by Crippen LogP contribution is 2.58. The molecule has 4 saturated heterocycles. The summed E-state index contributed by atoms with van der Waals surface area (Å²) in [7, 11) is 1.58. The lowest BCUT2D eigenvalue weighted by atomic mass is 9.62. The first-order valence-electron chi connectivity index (χ1n) is 23.3. The van der Waals surface area contributed by atoms with Gasteiger partial charge < -0.3 is 59.4 Å². The lowest BCUT2D eigenvalue weighted by Gasteiger charge is -2.50. The molecular formula is C48H67N3O14. The van der Waals surface area contributed by atoms with E-state index in [1.165, 1.54) is 9.96 Å². The number of carbonyl (C=O) groups is 3. The van der Waals surface area contributed by atoms with Gasteiger partial charge in [0.2, 0.25) is 11.8 Å². The molecule has 358 valence electrons. The van der Waals surface area contributed by atoms with Gasteiger partial charge in [0.05, 0.1) is 26.4 Å². The molecule has 1 aliphatic carbocycles. The molecule has 65 heavy (non-hydrogen) atoms. The molecule has 17 heteroatoms. The van der Waals surface area contributed by atoms with Crippen molar-refractivity contribution in [2.75, 3.05) is 33.4 Å². The van der Waals surface area contributed by atoms with Gasteiger partial charge in [-0.05, 0) is 29.5 Å². The van der Waals surface area contributed by atoms with E-state index >= 15 is 4.79 Å². The van der Waals surface area contributed by atoms with E-state index < -0.39 is 103 Å². The summed E-state index contributed by atoms with van der Waals surface area (Å²) in [6, 6.07) is 14.6. The van der Waals surface area contributed by atoms with Crippen LogP contribution in [0.1, 0.15) is 88.3 Å². The summed E-state index contributed by atoms with van der Waals surface area (Å²) in [5.41, 5.74) is 0.784. The number of hydrogen-bond acceptors (Lipinski definition) is 15. The standard InChI is InChI=1S/C48H67N3O14/c1-4-6-11-20-47(21-12-7-5-2)63-39-34-27-48(46(59)50(3)33(43(57)49-22-23-52)26-31-15-9-8-10-16-31)41(44(58)61-34)51(65-42(48)40(39)64-47)28-32-18-13-17-30(25-32)19-14-24-60-45-38(56)37(55)36(54)35(29-53)62-45/h8-10,13-19,25,33-42,45,52-56H,4-7,11-12,20-24,26-29H2,1-3H3,(H,49,57)/t33-,34-,35-,36+,37+,38-,39+,40+,41-,42-,45+,48-/m1/s1. The van der Waals surface area contributed by atoms with Crippen LogP contribution in [0.5, 0.6) is 0 Å². The Labute approximate surface area is 380 Å². The fourth-order valence-electron chi connectivity index (χ4n) is 10.2. The molecule has 4 heterocycles. The normalized spacial score (nSPS) is 32.0. The van der Waals surface area contributed by atoms with Crippen LogP contribution in [0, 0.1) is 5.41 Å². The minimum absolute atomic E-state index is 0.000437. The Morgan fingerprint density at radius 2 is 1.65 bits per heavy atom. The average Bonchev–Trinajstić information content (AvgIpc) is 3.87. The number of aliphatic hydroxyl groups is 5. The minimum Gasteiger partial charge on any atom is -0.458 e. The summed E-state index contributed by atoms with van der Waals surface area (Å²) >= 11 is 0. The summed E-state index contributed by atoms with van der Waals surface area (Å²) in [6.07, 6.45) is 0.509. The first kappa shape index (κ1) is 49.1. The minimum atomic E-state index is -1.56. The third kappa shape index (κ3) is 10.4. The number of fused-ring (bicyclic) bond motifs is 4. The number of rotatable bonds is 22. The van der Waals surface area contributed by atoms with Crippen molar-refractivity contribution in [3.63, 3.8) is 0 Å². The Hall–Kier alpha value is -3.85. The van der Waals surface area contributed by atoms with E-state index in [1.807, 2.05) is 54.6 Å². The lowest BCUT2D eigenvalue weighted by Crippen LogP contribution is -2.70. The SMILES string of the molecule is CCCCCC1(CCCCC)O[C@@H]2[C@H](O1)[C@H]1ON(Cc3cccc(C=CCO[C@H]4O[C@H](CO)[C@H](O)[C@H](O)[C@H]4O)c3)[C@@H]3C(=O)O[C@@H]2C[C@]13C(=O)N(C)[C@H](Cc1ccccc1)C(=O)NCCO. The zero-order valence-electron chi connectivity index (χ0n) is 37.6. The molecule has 0 spiro atoms. The van der Waals surface area contributed by atoms with Crippen LogP contribution in [0.4, 0.5) is 0 Å². The topological polar surface area (TPSA) is 226 Å². The molecule has 2 aromatic rings. The van der Waals surface area contributed by atoms with Gasteiger partial charge in [-0.25, -0.2) is 0 Å². The number of hydroxylamine groups is 2. The van der Waals surface area contributed by atoms with Crippen LogP contribution in [0.15, 0.2) is 60.7 Å². The number of hydrogen-bond donors (Lipinski definition) is 6. The predicted molar refractivity (Wildman–Crippen MR) is 234 cm³/mol. The van der Waals surface area contributed by atoms with Crippen LogP contribution < -0.4 is 5.32 Å². The predicted octanol–water partition coefficient (Wildman–Crippen LogP) is 2.14. The highest BCUT2D eigenvalue weighted by Gasteiger charge is 2.76. The molecule has 2 aromatic carbocycles. The Kier molecular flexibility index (Phi) is 16.5. The van der Waals surface area contributed by atoms with E-state index in [0.717, 1.165) is 55.2 Å². The van der Waals surface area contributed by atoms with E-state index in [1.54, 1.807) is 19.2 Å². The Morgan fingerprint density at radius 3 is 2.34 bits per heavy atom. The summed E-state index contributed by atoms with van der Waals surface area (Å²) in [6.45, 7) is 3.46. The molecule has 17 nitrogen and oxygen atoms in total. The number of aliphatic hydroxyl groups excluding tert-OH is 5. The second-order valence-corrected chi connectivity index (χ2v) is 18.0. The third-order valence-electron chi connectivity index (χ3n) is 13.6. The van der Waals surface area contributed by atoms with E-state index in [0.29, 0.717) is 12.8 Å². The zero-order chi connectivity index (χ0) is 46.3. The number of esters is 1. The van der Waals surface area contributed by atoms with Gasteiger partial charge in [0.15, 0.2) is 18.1 Å². The van der Waals surface area contributed by atoms with Crippen molar-refractivity contribution in [1.82, 2.24) is 15.3 Å². The third-order valence-corrected chi connectivity index (χ3v) is 13.6. The van der Waals surface area contributed by atoms with Crippen molar-refractivity contribution < 1.29 is 68.4 Å². The van der Waals surface area contributed by atoms with Crippen LogP contribution in [-0.4, -0.2) is 160 Å². The lowest BCUT2D eigenvalue weighted by molar-refractivity contribution is -0.298. The van der Waals surface area contributed by atoms with Crippen LogP contribution in [0.3, 0.4) is 0 Å². The fourth-order valence-corrected chi connectivity index (χ4v) is 10.2. The quantitative estimate of drug-likeness (QED) is 0.0736. The zero-order valence-corrected chi connectivity index (χ0v) is 37.6. The second kappa shape index (κ2) is 21.8. The molecule has 4 aliphatic heterocycles. The maximum Gasteiger partial charge on any atom is 0.327 e. The smallest absolute Gasteiger partial charge is 0.327 e. The monoisotopic (exact) mass is 909 g/mol. The van der Waals surface area contributed by atoms with E-state index in [2.05, 4.69) is 19.2 Å². The molecular weight excluding hydrogens is 843 g/mol. The summed E-state index contributed by atoms with van der Waals surface area (Å²) < 4.78 is 31.3. The fraction of sp³-hybridized carbons (Fsp3) is 0.646. The van der Waals surface area contributed by atoms with E-state index in [4.69, 9.17) is 28.5 Å². The number of carbonyl (C=O) groups excluding carboxylic acids is 3. The van der Waals surface area contributed by atoms with Crippen LogP contribution in [0.2, 0.25) is 0 Å². The van der Waals surface area contributed by atoms with Gasteiger partial charge in [-0.2, -0.15) is 5.06 Å². The van der Waals surface area contributed by atoms with Crippen molar-refractivity contribution in [3.8, 4) is 0 Å². The van der Waals surface area contributed by atoms with Gasteiger partial charge in [0.25, 0.3) is 0 Å². The van der Waals surface area contributed by atoms with Crippen molar-refractivity contribution in [1.29, 1.82) is 0 Å². The Balaban J connectivity index is 1.18. The van der Waals surface area contributed by atoms with E-state index in [9.17, 15) is 35.1 Å². The number of amides is 2. The number of unbranched alkanes of at least 4 members (excludes halogenated alkanes) is 4. The van der Waals surface area contributed by atoms with Gasteiger partial charge in [0, 0.05) is 39.3 Å². The molecule has 1 saturated carbocycles. The van der Waals surface area contributed by atoms with Gasteiger partial charge in [0.1, 0.15) is 60.3 Å². The van der Waals surface area contributed by atoms with Gasteiger partial charge in [-0.1, -0.05) is 106 Å². The number of likely N-dealkylation sites (N-methyl/N-ethyl adjacent to an activating group) is 1. The van der Waals surface area contributed by atoms with Crippen molar-refractivity contribution in [2.24, 2.45) is 5.41 Å². The molecule has 2 amide bonds. The molecule has 6 N–H and O–H groups in total. The number of benzene rings is 2. The van der Waals surface area contributed by atoms with Crippen LogP contribution in [0.25, 0.3) is 6.08 Å². The number of ether oxygens (including phenoxy) is 5. The highest BCUT2D eigenvalue weighted by molar-refractivity contribution is 5.96. The van der Waals surface area contributed by atoms with Gasteiger partial charge in [-0.3, -0.25) is 19.2 Å². The van der Waals surface area contributed by atoms with Crippen LogP contribution >= 0.6 is 0 Å². The maximum absolute atomic E-state index is 15.6. The molecule has 0 aromatic heterocycles. The molecule has 5 fully saturated rings. The summed E-state index contributed by atoms with van der Waals surface area (Å²) in [4.78, 5) is 52.4. The van der Waals surface area contributed by atoms with Crippen molar-refractivity contribution in [2.45, 2.75) is 158 Å². The van der Waals surface area contributed by atoms with Crippen LogP contribution in [-0.2, 0) is 55.9 Å². The summed E-state index contributed by atoms with van der Waals surface area (Å²) in [5, 5.41) is 54.0. The summed E-state index contributed by atoms with van der Waals surface area (Å²) in [5.74, 6) is -2.49. The molecule has 0 radical (unpaired) electrons. The molecule has 12 atom stereocenters. The Bertz CT molecular complexity index is 1930. The molecule has 7 rings (SSSR count). The number of nitrogens with zero attached hydrogens (tertiary/aromatic N) is 2. The van der Waals surface area contributed by atoms with Crippen molar-refractivity contribution >= 4 is 23.9 Å². The molecule has 0 unspecified atom stereocenters. The van der Waals surface area contributed by atoms with E-state index in [-0.39, 0.29) is 39.1 Å². The van der Waals surface area contributed by atoms with Gasteiger partial charge in [-0.15, -0.1) is 0 Å². The largest absolute Gasteiger partial charge is 0.458 e. The van der Waals surface area contributed by atoms with Gasteiger partial charge >= 0.3 is 5.97 Å². The number of nitrogens with one attached hydrogen (secondary N) is 1. The highest BCUT2D eigenvalue weighted by atomic mass is 16.8. The molecule has 5 aliphatic rings. The maximum atomic E-state index is 15.6. The second-order valence-electron chi connectivity index (χ2n) is 18.0. The average molecular weight is 910 g/mol.